The lowest BCUT2D eigenvalue weighted by Crippen LogP contribution is -2.00. The minimum Gasteiger partial charge on any atom is -0.508 e. The van der Waals surface area contributed by atoms with Crippen molar-refractivity contribution in [3.05, 3.63) is 150 Å². The zero-order chi connectivity index (χ0) is 31.4. The monoisotopic (exact) mass is 552 g/mol. The molecule has 0 atom stereocenters. The van der Waals surface area contributed by atoms with E-state index in [-0.39, 0.29) is 0 Å². The van der Waals surface area contributed by atoms with Gasteiger partial charge in [0, 0.05) is 0 Å². The summed E-state index contributed by atoms with van der Waals surface area (Å²) in [4.78, 5) is 0. The van der Waals surface area contributed by atoms with Crippen molar-refractivity contribution in [3.63, 3.8) is 0 Å². The molecule has 0 fully saturated rings. The van der Waals surface area contributed by atoms with Gasteiger partial charge in [-0.1, -0.05) is 131 Å². The van der Waals surface area contributed by atoms with Crippen molar-refractivity contribution < 1.29 is 9.84 Å². The van der Waals surface area contributed by atoms with Crippen LogP contribution in [0.2, 0.25) is 0 Å². The predicted octanol–water partition coefficient (Wildman–Crippen LogP) is 11.4. The Balaban J connectivity index is 0.000000965. The number of benzene rings is 3. The molecule has 0 amide bonds. The molecule has 0 aliphatic rings. The summed E-state index contributed by atoms with van der Waals surface area (Å²) >= 11 is 0. The molecule has 0 unspecified atom stereocenters. The molecule has 0 aromatic heterocycles. The first-order valence-electron chi connectivity index (χ1n) is 14.5. The van der Waals surface area contributed by atoms with Gasteiger partial charge in [0.15, 0.2) is 0 Å². The quantitative estimate of drug-likeness (QED) is 0.253. The molecule has 0 bridgehead atoms. The van der Waals surface area contributed by atoms with Crippen LogP contribution in [0.25, 0.3) is 5.57 Å². The predicted molar refractivity (Wildman–Crippen MR) is 183 cm³/mol. The average molecular weight is 553 g/mol. The maximum atomic E-state index is 9.98. The first-order valence-corrected chi connectivity index (χ1v) is 14.5. The Morgan fingerprint density at radius 1 is 0.756 bits per heavy atom. The summed E-state index contributed by atoms with van der Waals surface area (Å²) in [6.07, 6.45) is 5.46. The second-order valence-corrected chi connectivity index (χ2v) is 9.48. The smallest absolute Gasteiger partial charge is 0.120 e. The SMILES string of the molecule is C=C(C)/C=C\C(=C)C(=C)C.C=C(C)c1cc(CCc2ccccc2O)cc(OCc2ccccc2C)c1.CC.CC. The van der Waals surface area contributed by atoms with Gasteiger partial charge < -0.3 is 9.84 Å². The number of hydrogen-bond donors (Lipinski definition) is 1. The van der Waals surface area contributed by atoms with E-state index < -0.39 is 0 Å². The largest absolute Gasteiger partial charge is 0.508 e. The molecule has 0 aliphatic heterocycles. The van der Waals surface area contributed by atoms with Crippen LogP contribution in [0.4, 0.5) is 0 Å². The molecule has 0 aliphatic carbocycles. The summed E-state index contributed by atoms with van der Waals surface area (Å²) in [5.74, 6) is 1.20. The summed E-state index contributed by atoms with van der Waals surface area (Å²) in [5.41, 5.74) is 9.65. The summed E-state index contributed by atoms with van der Waals surface area (Å²) in [6.45, 7) is 31.9. The van der Waals surface area contributed by atoms with Crippen LogP contribution < -0.4 is 4.74 Å². The minimum absolute atomic E-state index is 0.351. The van der Waals surface area contributed by atoms with Crippen molar-refractivity contribution >= 4 is 5.57 Å². The highest BCUT2D eigenvalue weighted by Gasteiger charge is 2.07. The van der Waals surface area contributed by atoms with Gasteiger partial charge in [0.2, 0.25) is 0 Å². The highest BCUT2D eigenvalue weighted by atomic mass is 16.5. The van der Waals surface area contributed by atoms with E-state index in [2.05, 4.69) is 57.5 Å². The molecule has 3 aromatic rings. The van der Waals surface area contributed by atoms with Crippen LogP contribution in [0, 0.1) is 6.92 Å². The van der Waals surface area contributed by atoms with Gasteiger partial charge in [-0.05, 0) is 92.1 Å². The summed E-state index contributed by atoms with van der Waals surface area (Å²) in [7, 11) is 0. The molecule has 0 radical (unpaired) electrons. The Labute approximate surface area is 251 Å². The van der Waals surface area contributed by atoms with Crippen LogP contribution in [0.1, 0.15) is 76.3 Å². The van der Waals surface area contributed by atoms with Gasteiger partial charge in [-0.3, -0.25) is 0 Å². The Kier molecular flexibility index (Phi) is 18.8. The molecule has 2 nitrogen and oxygen atoms in total. The molecular formula is C39H52O2. The average Bonchev–Trinajstić information content (AvgIpc) is 2.97. The maximum absolute atomic E-state index is 9.98. The number of phenols is 1. The third-order valence-corrected chi connectivity index (χ3v) is 5.91. The van der Waals surface area contributed by atoms with Crippen LogP contribution in [-0.4, -0.2) is 5.11 Å². The molecule has 3 aromatic carbocycles. The summed E-state index contributed by atoms with van der Waals surface area (Å²) in [5, 5.41) is 9.98. The highest BCUT2D eigenvalue weighted by Crippen LogP contribution is 2.25. The van der Waals surface area contributed by atoms with E-state index in [1.807, 2.05) is 97.0 Å². The Morgan fingerprint density at radius 2 is 1.34 bits per heavy atom. The molecule has 2 heteroatoms. The minimum atomic E-state index is 0.351. The third kappa shape index (κ3) is 14.8. The van der Waals surface area contributed by atoms with Crippen LogP contribution >= 0.6 is 0 Å². The second-order valence-electron chi connectivity index (χ2n) is 9.48. The van der Waals surface area contributed by atoms with Gasteiger partial charge in [-0.15, -0.1) is 0 Å². The van der Waals surface area contributed by atoms with Gasteiger partial charge >= 0.3 is 0 Å². The van der Waals surface area contributed by atoms with Crippen LogP contribution in [0.15, 0.2) is 122 Å². The molecule has 0 saturated heterocycles. The summed E-state index contributed by atoms with van der Waals surface area (Å²) < 4.78 is 6.09. The van der Waals surface area contributed by atoms with Crippen molar-refractivity contribution in [2.24, 2.45) is 0 Å². The topological polar surface area (TPSA) is 29.5 Å². The van der Waals surface area contributed by atoms with Crippen molar-refractivity contribution in [3.8, 4) is 11.5 Å². The summed E-state index contributed by atoms with van der Waals surface area (Å²) in [6, 6.07) is 22.1. The fourth-order valence-corrected chi connectivity index (χ4v) is 3.45. The van der Waals surface area contributed by atoms with Gasteiger partial charge in [0.1, 0.15) is 18.1 Å². The fraction of sp³-hybridized carbons (Fsp3) is 0.282. The number of hydrogen-bond acceptors (Lipinski definition) is 2. The van der Waals surface area contributed by atoms with Gasteiger partial charge in [-0.2, -0.15) is 0 Å². The number of ether oxygens (including phenoxy) is 1. The molecule has 0 spiro atoms. The number of aryl methyl sites for hydroxylation is 3. The molecule has 220 valence electrons. The third-order valence-electron chi connectivity index (χ3n) is 5.91. The van der Waals surface area contributed by atoms with E-state index in [0.29, 0.717) is 12.4 Å². The van der Waals surface area contributed by atoms with E-state index in [9.17, 15) is 5.11 Å². The maximum Gasteiger partial charge on any atom is 0.120 e. The van der Waals surface area contributed by atoms with E-state index in [1.165, 1.54) is 16.7 Å². The van der Waals surface area contributed by atoms with Crippen LogP contribution in [0.5, 0.6) is 11.5 Å². The van der Waals surface area contributed by atoms with Crippen molar-refractivity contribution in [2.45, 2.75) is 74.8 Å². The number of allylic oxidation sites excluding steroid dienone is 6. The van der Waals surface area contributed by atoms with Gasteiger partial charge in [-0.25, -0.2) is 0 Å². The zero-order valence-corrected chi connectivity index (χ0v) is 26.8. The Morgan fingerprint density at radius 3 is 1.88 bits per heavy atom. The van der Waals surface area contributed by atoms with Crippen LogP contribution in [-0.2, 0) is 19.4 Å². The van der Waals surface area contributed by atoms with E-state index in [4.69, 9.17) is 4.74 Å². The number of aromatic hydroxyl groups is 1. The Hall–Kier alpha value is -4.04. The molecule has 41 heavy (non-hydrogen) atoms. The van der Waals surface area contributed by atoms with Crippen molar-refractivity contribution in [1.82, 2.24) is 0 Å². The number of rotatable bonds is 10. The number of phenolic OH excluding ortho intramolecular Hbond substituents is 1. The number of para-hydroxylation sites is 1. The molecule has 1 N–H and O–H groups in total. The standard InChI is InChI=1S/C25H26O2.C10H14.2C2H6/c1-18(2)23-14-20(12-13-21-9-6-7-11-25(21)26)15-24(16-23)27-17-22-10-5-4-8-19(22)3;1-8(2)6-7-10(5)9(3)4;2*1-2/h4-11,14-16,26H,1,12-13,17H2,2-3H3;6-7H,1,3,5H2,2,4H3;2*1-2H3/b;7-6-;;. The zero-order valence-electron chi connectivity index (χ0n) is 26.8. The van der Waals surface area contributed by atoms with E-state index >= 15 is 0 Å². The second kappa shape index (κ2) is 20.8. The Bertz CT molecular complexity index is 1220. The first-order chi connectivity index (χ1) is 19.6. The lowest BCUT2D eigenvalue weighted by atomic mass is 9.99. The molecule has 0 saturated carbocycles. The van der Waals surface area contributed by atoms with Gasteiger partial charge in [0.25, 0.3) is 0 Å². The lowest BCUT2D eigenvalue weighted by molar-refractivity contribution is 0.305. The van der Waals surface area contributed by atoms with Crippen LogP contribution in [0.3, 0.4) is 0 Å². The van der Waals surface area contributed by atoms with Crippen molar-refractivity contribution in [2.75, 3.05) is 0 Å². The normalized spacial score (nSPS) is 9.66. The molecule has 0 heterocycles. The van der Waals surface area contributed by atoms with Crippen molar-refractivity contribution in [1.29, 1.82) is 0 Å². The van der Waals surface area contributed by atoms with E-state index in [0.717, 1.165) is 52.0 Å². The molecule has 3 rings (SSSR count). The van der Waals surface area contributed by atoms with E-state index in [1.54, 1.807) is 6.07 Å². The first kappa shape index (κ1) is 37.0. The van der Waals surface area contributed by atoms with Gasteiger partial charge in [0.05, 0.1) is 0 Å². The highest BCUT2D eigenvalue weighted by molar-refractivity contribution is 5.63. The lowest BCUT2D eigenvalue weighted by Gasteiger charge is -2.13. The molecular weight excluding hydrogens is 500 g/mol. The fourth-order valence-electron chi connectivity index (χ4n) is 3.45.